The number of aromatic amines is 1. The van der Waals surface area contributed by atoms with Crippen molar-refractivity contribution in [1.82, 2.24) is 5.10 Å². The summed E-state index contributed by atoms with van der Waals surface area (Å²) in [6, 6.07) is 9.12. The SMILES string of the molecule is COC(=O)C(Cc1ccccc1)N=c1[nH][n+]#cs1. The first kappa shape index (κ1) is 12.3. The second-order valence-corrected chi connectivity index (χ2v) is 4.35. The summed E-state index contributed by atoms with van der Waals surface area (Å²) < 4.78 is 4.76. The van der Waals surface area contributed by atoms with Crippen LogP contribution in [0.2, 0.25) is 0 Å². The van der Waals surface area contributed by atoms with E-state index in [1.165, 1.54) is 18.4 Å². The highest BCUT2D eigenvalue weighted by Crippen LogP contribution is 2.06. The van der Waals surface area contributed by atoms with Gasteiger partial charge in [0.1, 0.15) is 5.10 Å². The molecule has 1 aromatic carbocycles. The number of aromatic nitrogens is 2. The highest BCUT2D eigenvalue weighted by molar-refractivity contribution is 7.05. The Hall–Kier alpha value is -2.13. The van der Waals surface area contributed by atoms with E-state index >= 15 is 0 Å². The summed E-state index contributed by atoms with van der Waals surface area (Å²) in [6.45, 7) is 0. The Morgan fingerprint density at radius 3 is 2.94 bits per heavy atom. The lowest BCUT2D eigenvalue weighted by Gasteiger charge is -2.08. The topological polar surface area (TPSA) is 68.5 Å². The molecule has 2 rings (SSSR count). The summed E-state index contributed by atoms with van der Waals surface area (Å²) in [5, 5.41) is 6.36. The smallest absolute Gasteiger partial charge is 0.423 e. The van der Waals surface area contributed by atoms with Crippen LogP contribution in [0.1, 0.15) is 5.56 Å². The summed E-state index contributed by atoms with van der Waals surface area (Å²) >= 11 is 1.22. The van der Waals surface area contributed by atoms with E-state index in [2.05, 4.69) is 20.7 Å². The Labute approximate surface area is 108 Å². The molecule has 6 heteroatoms. The molecule has 0 fully saturated rings. The number of methoxy groups -OCH3 is 1. The first-order chi connectivity index (χ1) is 8.79. The zero-order chi connectivity index (χ0) is 12.8. The largest absolute Gasteiger partial charge is 0.467 e. The van der Waals surface area contributed by atoms with Crippen LogP contribution in [0.3, 0.4) is 0 Å². The predicted molar refractivity (Wildman–Crippen MR) is 64.6 cm³/mol. The lowest BCUT2D eigenvalue weighted by Crippen LogP contribution is -2.26. The van der Waals surface area contributed by atoms with Gasteiger partial charge in [-0.05, 0) is 10.7 Å². The molecule has 0 aliphatic carbocycles. The summed E-state index contributed by atoms with van der Waals surface area (Å²) in [5.41, 5.74) is 3.68. The minimum Gasteiger partial charge on any atom is -0.467 e. The van der Waals surface area contributed by atoms with Crippen LogP contribution in [-0.4, -0.2) is 24.2 Å². The second-order valence-electron chi connectivity index (χ2n) is 3.58. The molecule has 92 valence electrons. The third-order valence-corrected chi connectivity index (χ3v) is 2.93. The van der Waals surface area contributed by atoms with Gasteiger partial charge in [0.05, 0.1) is 7.11 Å². The van der Waals surface area contributed by atoms with Crippen molar-refractivity contribution in [3.05, 3.63) is 46.2 Å². The van der Waals surface area contributed by atoms with E-state index < -0.39 is 6.04 Å². The number of esters is 1. The number of carbonyl (C=O) groups excluding carboxylic acids is 1. The average molecular weight is 262 g/mol. The van der Waals surface area contributed by atoms with Gasteiger partial charge < -0.3 is 4.74 Å². The van der Waals surface area contributed by atoms with Crippen molar-refractivity contribution in [1.29, 1.82) is 0 Å². The van der Waals surface area contributed by atoms with Crippen LogP contribution in [0.5, 0.6) is 0 Å². The molecule has 1 N–H and O–H groups in total. The monoisotopic (exact) mass is 262 g/mol. The first-order valence-corrected chi connectivity index (χ1v) is 6.18. The molecule has 0 spiro atoms. The van der Waals surface area contributed by atoms with Gasteiger partial charge in [-0.25, -0.2) is 9.79 Å². The number of carbonyl (C=O) groups is 1. The normalized spacial score (nSPS) is 12.8. The van der Waals surface area contributed by atoms with Crippen LogP contribution in [0.15, 0.2) is 35.3 Å². The minimum absolute atomic E-state index is 0.361. The molecule has 0 aliphatic rings. The minimum atomic E-state index is -0.567. The Balaban J connectivity index is 2.22. The number of nitrogens with one attached hydrogen (secondary N) is 1. The number of H-pyrrole nitrogens is 1. The van der Waals surface area contributed by atoms with Gasteiger partial charge in [-0.15, -0.1) is 0 Å². The fraction of sp³-hybridized carbons (Fsp3) is 0.250. The zero-order valence-corrected chi connectivity index (χ0v) is 10.6. The predicted octanol–water partition coefficient (Wildman–Crippen LogP) is 0.161. The van der Waals surface area contributed by atoms with Crippen LogP contribution in [0.25, 0.3) is 0 Å². The van der Waals surface area contributed by atoms with Crippen LogP contribution < -0.4 is 9.90 Å². The molecule has 5 nitrogen and oxygen atoms in total. The quantitative estimate of drug-likeness (QED) is 0.798. The highest BCUT2D eigenvalue weighted by Gasteiger charge is 2.18. The maximum absolute atomic E-state index is 11.7. The van der Waals surface area contributed by atoms with E-state index in [1.807, 2.05) is 30.3 Å². The van der Waals surface area contributed by atoms with Gasteiger partial charge in [0.25, 0.3) is 4.80 Å². The zero-order valence-electron chi connectivity index (χ0n) is 9.79. The van der Waals surface area contributed by atoms with E-state index in [4.69, 9.17) is 4.74 Å². The van der Waals surface area contributed by atoms with Crippen LogP contribution in [0, 0.1) is 5.51 Å². The molecule has 1 aromatic heterocycles. The molecule has 1 atom stereocenters. The summed E-state index contributed by atoms with van der Waals surface area (Å²) in [6.07, 6.45) is 0.499. The fourth-order valence-electron chi connectivity index (χ4n) is 1.51. The van der Waals surface area contributed by atoms with E-state index in [-0.39, 0.29) is 5.97 Å². The number of benzene rings is 1. The van der Waals surface area contributed by atoms with Crippen molar-refractivity contribution in [3.63, 3.8) is 0 Å². The maximum atomic E-state index is 11.7. The van der Waals surface area contributed by atoms with E-state index in [1.54, 1.807) is 0 Å². The molecule has 0 bridgehead atoms. The standard InChI is InChI=1S/C12H12N3O2S/c1-17-11(16)10(14-12-15-13-8-18-12)7-9-5-3-2-4-6-9/h2-6,10H,7H2,1H3,(H,14,15)/q+1. The van der Waals surface area contributed by atoms with Gasteiger partial charge >= 0.3 is 11.5 Å². The van der Waals surface area contributed by atoms with Crippen molar-refractivity contribution < 1.29 is 14.6 Å². The van der Waals surface area contributed by atoms with Crippen molar-refractivity contribution in [2.45, 2.75) is 12.5 Å². The number of nitrogens with zero attached hydrogens (tertiary/aromatic N) is 2. The molecule has 1 heterocycles. The van der Waals surface area contributed by atoms with Gasteiger partial charge in [-0.2, -0.15) is 0 Å². The Morgan fingerprint density at radius 1 is 1.56 bits per heavy atom. The van der Waals surface area contributed by atoms with Crippen LogP contribution in [0.4, 0.5) is 0 Å². The number of hydrogen-bond acceptors (Lipinski definition) is 4. The van der Waals surface area contributed by atoms with Gasteiger partial charge in [0.15, 0.2) is 6.04 Å². The summed E-state index contributed by atoms with van der Waals surface area (Å²) in [5.74, 6) is -0.361. The Kier molecular flexibility index (Phi) is 4.10. The van der Waals surface area contributed by atoms with Gasteiger partial charge in [0, 0.05) is 17.8 Å². The maximum Gasteiger partial charge on any atom is 0.423 e. The lowest BCUT2D eigenvalue weighted by atomic mass is 10.1. The second kappa shape index (κ2) is 5.98. The van der Waals surface area contributed by atoms with Gasteiger partial charge in [-0.1, -0.05) is 30.3 Å². The van der Waals surface area contributed by atoms with Crippen LogP contribution in [-0.2, 0) is 16.0 Å². The lowest BCUT2D eigenvalue weighted by molar-refractivity contribution is -0.373. The van der Waals surface area contributed by atoms with Crippen molar-refractivity contribution in [2.75, 3.05) is 7.11 Å². The molecule has 0 radical (unpaired) electrons. The van der Waals surface area contributed by atoms with Crippen LogP contribution >= 0.6 is 11.3 Å². The van der Waals surface area contributed by atoms with Crippen molar-refractivity contribution in [3.8, 4) is 0 Å². The molecule has 0 amide bonds. The molecule has 0 saturated heterocycles. The average Bonchev–Trinajstić information content (AvgIpc) is 2.91. The van der Waals surface area contributed by atoms with Gasteiger partial charge in [-0.3, -0.25) is 0 Å². The molecule has 2 aromatic rings. The molecule has 0 saturated carbocycles. The summed E-state index contributed by atoms with van der Waals surface area (Å²) in [4.78, 5) is 16.5. The molecular weight excluding hydrogens is 250 g/mol. The Morgan fingerprint density at radius 2 is 2.33 bits per heavy atom. The highest BCUT2D eigenvalue weighted by atomic mass is 32.1. The molecule has 0 aliphatic heterocycles. The van der Waals surface area contributed by atoms with E-state index in [0.29, 0.717) is 11.2 Å². The van der Waals surface area contributed by atoms with E-state index in [9.17, 15) is 4.79 Å². The third kappa shape index (κ3) is 3.18. The van der Waals surface area contributed by atoms with E-state index in [0.717, 1.165) is 5.56 Å². The first-order valence-electron chi connectivity index (χ1n) is 5.36. The Bertz CT molecular complexity index is 545. The fourth-order valence-corrected chi connectivity index (χ4v) is 1.96. The van der Waals surface area contributed by atoms with Gasteiger partial charge in [0.2, 0.25) is 0 Å². The molecule has 1 unspecified atom stereocenters. The van der Waals surface area contributed by atoms with Crippen molar-refractivity contribution >= 4 is 17.3 Å². The molecular formula is C12H12N3O2S+. The molecule has 18 heavy (non-hydrogen) atoms. The summed E-state index contributed by atoms with van der Waals surface area (Å²) in [7, 11) is 1.36. The number of rotatable bonds is 4. The number of hydrogen-bond donors (Lipinski definition) is 1. The number of ether oxygens (including phenoxy) is 1. The van der Waals surface area contributed by atoms with Crippen molar-refractivity contribution in [2.24, 2.45) is 4.99 Å². The third-order valence-electron chi connectivity index (χ3n) is 2.36.